The van der Waals surface area contributed by atoms with Gasteiger partial charge in [0.05, 0.1) is 5.75 Å². The van der Waals surface area contributed by atoms with Crippen LogP contribution in [0.1, 0.15) is 23.5 Å². The van der Waals surface area contributed by atoms with E-state index in [2.05, 4.69) is 33.0 Å². The molecule has 2 N–H and O–H groups in total. The lowest BCUT2D eigenvalue weighted by molar-refractivity contribution is 0.460. The minimum atomic E-state index is 0.600. The summed E-state index contributed by atoms with van der Waals surface area (Å²) >= 11 is 5.26. The van der Waals surface area contributed by atoms with Gasteiger partial charge in [0.25, 0.3) is 0 Å². The van der Waals surface area contributed by atoms with Crippen molar-refractivity contribution in [2.45, 2.75) is 29.9 Å². The van der Waals surface area contributed by atoms with E-state index in [1.165, 1.54) is 16.2 Å². The van der Waals surface area contributed by atoms with Crippen molar-refractivity contribution in [2.75, 3.05) is 6.54 Å². The van der Waals surface area contributed by atoms with Crippen molar-refractivity contribution in [3.8, 4) is 0 Å². The van der Waals surface area contributed by atoms with Gasteiger partial charge >= 0.3 is 0 Å². The van der Waals surface area contributed by atoms with E-state index in [0.717, 1.165) is 41.9 Å². The van der Waals surface area contributed by atoms with Gasteiger partial charge in [-0.3, -0.25) is 0 Å². The molecule has 2 aromatic rings. The standard InChI is InChI=1S/C16H18BrN3S/c17-13-2-1-3-14(7-13)21-10-16-19-9-12-6-11(8-18)4-5-15(12)20-16/h1-3,7,9,11H,4-6,8,10,18H2. The molecule has 3 rings (SSSR count). The fraction of sp³-hybridized carbons (Fsp3) is 0.375. The first-order valence-electron chi connectivity index (χ1n) is 7.16. The third-order valence-corrected chi connectivity index (χ3v) is 5.28. The largest absolute Gasteiger partial charge is 0.330 e. The van der Waals surface area contributed by atoms with Gasteiger partial charge in [-0.25, -0.2) is 9.97 Å². The van der Waals surface area contributed by atoms with Crippen LogP contribution in [0.15, 0.2) is 39.8 Å². The predicted molar refractivity (Wildman–Crippen MR) is 90.3 cm³/mol. The number of benzene rings is 1. The molecule has 21 heavy (non-hydrogen) atoms. The summed E-state index contributed by atoms with van der Waals surface area (Å²) in [5.74, 6) is 2.33. The van der Waals surface area contributed by atoms with Gasteiger partial charge in [-0.1, -0.05) is 22.0 Å². The zero-order chi connectivity index (χ0) is 14.7. The van der Waals surface area contributed by atoms with Crippen molar-refractivity contribution >= 4 is 27.7 Å². The van der Waals surface area contributed by atoms with Crippen LogP contribution in [-0.4, -0.2) is 16.5 Å². The van der Waals surface area contributed by atoms with Gasteiger partial charge in [0.2, 0.25) is 0 Å². The molecular weight excluding hydrogens is 346 g/mol. The van der Waals surface area contributed by atoms with E-state index in [1.54, 1.807) is 11.8 Å². The molecule has 1 aromatic carbocycles. The number of hydrogen-bond acceptors (Lipinski definition) is 4. The highest BCUT2D eigenvalue weighted by Gasteiger charge is 2.19. The fourth-order valence-corrected chi connectivity index (χ4v) is 3.97. The van der Waals surface area contributed by atoms with Crippen LogP contribution in [0.25, 0.3) is 0 Å². The van der Waals surface area contributed by atoms with Gasteiger partial charge < -0.3 is 5.73 Å². The molecule has 0 bridgehead atoms. The summed E-state index contributed by atoms with van der Waals surface area (Å²) in [7, 11) is 0. The lowest BCUT2D eigenvalue weighted by Gasteiger charge is -2.22. The maximum atomic E-state index is 5.77. The Morgan fingerprint density at radius 2 is 2.29 bits per heavy atom. The molecule has 110 valence electrons. The highest BCUT2D eigenvalue weighted by molar-refractivity contribution is 9.10. The Hall–Kier alpha value is -0.910. The smallest absolute Gasteiger partial charge is 0.138 e. The minimum Gasteiger partial charge on any atom is -0.330 e. The number of thioether (sulfide) groups is 1. The number of halogens is 1. The number of aryl methyl sites for hydroxylation is 1. The summed E-state index contributed by atoms with van der Waals surface area (Å²) in [6.45, 7) is 0.764. The first kappa shape index (κ1) is 15.0. The van der Waals surface area contributed by atoms with Gasteiger partial charge in [0.15, 0.2) is 0 Å². The second-order valence-electron chi connectivity index (χ2n) is 5.35. The van der Waals surface area contributed by atoms with Gasteiger partial charge in [0.1, 0.15) is 5.82 Å². The Labute approximate surface area is 137 Å². The van der Waals surface area contributed by atoms with E-state index in [9.17, 15) is 0 Å². The Bertz CT molecular complexity index is 633. The van der Waals surface area contributed by atoms with Crippen molar-refractivity contribution < 1.29 is 0 Å². The van der Waals surface area contributed by atoms with Crippen molar-refractivity contribution in [2.24, 2.45) is 11.7 Å². The van der Waals surface area contributed by atoms with Crippen LogP contribution in [0.3, 0.4) is 0 Å². The van der Waals surface area contributed by atoms with E-state index >= 15 is 0 Å². The molecule has 1 aliphatic carbocycles. The quantitative estimate of drug-likeness (QED) is 0.843. The molecule has 0 radical (unpaired) electrons. The van der Waals surface area contributed by atoms with Crippen LogP contribution in [0.5, 0.6) is 0 Å². The van der Waals surface area contributed by atoms with E-state index in [-0.39, 0.29) is 0 Å². The highest BCUT2D eigenvalue weighted by atomic mass is 79.9. The molecule has 1 atom stereocenters. The summed E-state index contributed by atoms with van der Waals surface area (Å²) < 4.78 is 1.10. The molecule has 0 saturated heterocycles. The SMILES string of the molecule is NCC1CCc2nc(CSc3cccc(Br)c3)ncc2C1. The Balaban J connectivity index is 1.67. The van der Waals surface area contributed by atoms with Crippen molar-refractivity contribution in [1.29, 1.82) is 0 Å². The van der Waals surface area contributed by atoms with Crippen molar-refractivity contribution in [1.82, 2.24) is 9.97 Å². The number of nitrogens with two attached hydrogens (primary N) is 1. The Morgan fingerprint density at radius 3 is 3.10 bits per heavy atom. The lowest BCUT2D eigenvalue weighted by atomic mass is 9.87. The molecule has 0 aliphatic heterocycles. The second kappa shape index (κ2) is 6.90. The van der Waals surface area contributed by atoms with Crippen molar-refractivity contribution in [3.63, 3.8) is 0 Å². The van der Waals surface area contributed by atoms with E-state index in [1.807, 2.05) is 18.3 Å². The average Bonchev–Trinajstić information content (AvgIpc) is 2.52. The fourth-order valence-electron chi connectivity index (χ4n) is 2.60. The molecule has 1 aromatic heterocycles. The Morgan fingerprint density at radius 1 is 1.38 bits per heavy atom. The molecule has 0 amide bonds. The van der Waals surface area contributed by atoms with Gasteiger partial charge in [-0.15, -0.1) is 11.8 Å². The number of hydrogen-bond donors (Lipinski definition) is 1. The van der Waals surface area contributed by atoms with E-state index in [4.69, 9.17) is 10.7 Å². The summed E-state index contributed by atoms with van der Waals surface area (Å²) in [6, 6.07) is 8.31. The molecule has 1 heterocycles. The van der Waals surface area contributed by atoms with Gasteiger partial charge in [0, 0.05) is 21.3 Å². The third-order valence-electron chi connectivity index (χ3n) is 3.80. The van der Waals surface area contributed by atoms with Crippen LogP contribution < -0.4 is 5.73 Å². The van der Waals surface area contributed by atoms with Crippen LogP contribution in [0, 0.1) is 5.92 Å². The summed E-state index contributed by atoms with van der Waals surface area (Å²) in [5, 5.41) is 0. The maximum Gasteiger partial charge on any atom is 0.138 e. The number of aromatic nitrogens is 2. The van der Waals surface area contributed by atoms with Crippen LogP contribution in [0.2, 0.25) is 0 Å². The molecule has 1 aliphatic rings. The molecule has 1 unspecified atom stereocenters. The highest BCUT2D eigenvalue weighted by Crippen LogP contribution is 2.26. The zero-order valence-corrected chi connectivity index (χ0v) is 14.2. The summed E-state index contributed by atoms with van der Waals surface area (Å²) in [6.07, 6.45) is 5.22. The van der Waals surface area contributed by atoms with Crippen LogP contribution in [0.4, 0.5) is 0 Å². The topological polar surface area (TPSA) is 51.8 Å². The molecule has 3 nitrogen and oxygen atoms in total. The molecular formula is C16H18BrN3S. The molecule has 0 spiro atoms. The van der Waals surface area contributed by atoms with E-state index < -0.39 is 0 Å². The minimum absolute atomic E-state index is 0.600. The Kier molecular flexibility index (Phi) is 4.93. The monoisotopic (exact) mass is 363 g/mol. The number of nitrogens with zero attached hydrogens (tertiary/aromatic N) is 2. The zero-order valence-electron chi connectivity index (χ0n) is 11.8. The van der Waals surface area contributed by atoms with Crippen LogP contribution >= 0.6 is 27.7 Å². The normalized spacial score (nSPS) is 17.5. The molecule has 0 saturated carbocycles. The molecule has 0 fully saturated rings. The predicted octanol–water partition coefficient (Wildman–Crippen LogP) is 3.60. The summed E-state index contributed by atoms with van der Waals surface area (Å²) in [5.41, 5.74) is 8.27. The molecule has 5 heteroatoms. The maximum absolute atomic E-state index is 5.77. The number of fused-ring (bicyclic) bond motifs is 1. The van der Waals surface area contributed by atoms with Gasteiger partial charge in [-0.2, -0.15) is 0 Å². The van der Waals surface area contributed by atoms with Crippen LogP contribution in [-0.2, 0) is 18.6 Å². The van der Waals surface area contributed by atoms with Crippen molar-refractivity contribution in [3.05, 3.63) is 52.0 Å². The lowest BCUT2D eigenvalue weighted by Crippen LogP contribution is -2.23. The first-order valence-corrected chi connectivity index (χ1v) is 8.94. The number of rotatable bonds is 4. The first-order chi connectivity index (χ1) is 10.2. The average molecular weight is 364 g/mol. The second-order valence-corrected chi connectivity index (χ2v) is 7.31. The third kappa shape index (κ3) is 3.84. The van der Waals surface area contributed by atoms with E-state index in [0.29, 0.717) is 5.92 Å². The summed E-state index contributed by atoms with van der Waals surface area (Å²) in [4.78, 5) is 10.5. The van der Waals surface area contributed by atoms with Gasteiger partial charge in [-0.05, 0) is 55.5 Å².